The maximum absolute atomic E-state index is 5.11. The molecule has 4 nitrogen and oxygen atoms in total. The van der Waals surface area contributed by atoms with Crippen molar-refractivity contribution < 1.29 is 9.47 Å². The average molecular weight is 182 g/mol. The van der Waals surface area contributed by atoms with E-state index >= 15 is 0 Å². The summed E-state index contributed by atoms with van der Waals surface area (Å²) in [5.74, 6) is 1.50. The van der Waals surface area contributed by atoms with E-state index in [1.807, 2.05) is 12.1 Å². The molecule has 0 radical (unpaired) electrons. The molecule has 0 saturated carbocycles. The molecule has 1 rings (SSSR count). The number of anilines is 1. The molecular weight excluding hydrogens is 168 g/mol. The van der Waals surface area contributed by atoms with Crippen molar-refractivity contribution >= 4 is 5.82 Å². The van der Waals surface area contributed by atoms with Gasteiger partial charge in [-0.1, -0.05) is 0 Å². The second kappa shape index (κ2) is 5.37. The highest BCUT2D eigenvalue weighted by Gasteiger charge is 2.00. The molecule has 0 unspecified atom stereocenters. The number of hydrogen-bond acceptors (Lipinski definition) is 4. The Kier molecular flexibility index (Phi) is 4.05. The number of rotatable bonds is 5. The van der Waals surface area contributed by atoms with Gasteiger partial charge in [-0.25, -0.2) is 4.98 Å². The third-order valence-electron chi connectivity index (χ3n) is 1.59. The Morgan fingerprint density at radius 1 is 1.46 bits per heavy atom. The van der Waals surface area contributed by atoms with Gasteiger partial charge in [0.25, 0.3) is 0 Å². The Morgan fingerprint density at radius 3 is 3.00 bits per heavy atom. The minimum atomic E-state index is 0.653. The summed E-state index contributed by atoms with van der Waals surface area (Å²) in [6, 6.07) is 3.70. The number of nitrogens with zero attached hydrogens (tertiary/aromatic N) is 1. The van der Waals surface area contributed by atoms with Crippen LogP contribution in [0.1, 0.15) is 0 Å². The zero-order chi connectivity index (χ0) is 9.52. The number of pyridine rings is 1. The molecule has 0 spiro atoms. The van der Waals surface area contributed by atoms with E-state index in [1.165, 1.54) is 0 Å². The third-order valence-corrected chi connectivity index (χ3v) is 1.59. The van der Waals surface area contributed by atoms with E-state index in [2.05, 4.69) is 10.3 Å². The van der Waals surface area contributed by atoms with Crippen molar-refractivity contribution in [3.05, 3.63) is 18.3 Å². The quantitative estimate of drug-likeness (QED) is 0.694. The van der Waals surface area contributed by atoms with E-state index in [4.69, 9.17) is 9.47 Å². The minimum absolute atomic E-state index is 0.653. The first-order chi connectivity index (χ1) is 6.38. The lowest BCUT2D eigenvalue weighted by molar-refractivity contribution is 0.210. The van der Waals surface area contributed by atoms with Crippen LogP contribution in [0.25, 0.3) is 0 Å². The normalized spacial score (nSPS) is 9.69. The van der Waals surface area contributed by atoms with Gasteiger partial charge in [0.1, 0.15) is 0 Å². The van der Waals surface area contributed by atoms with Crippen molar-refractivity contribution in [2.75, 3.05) is 32.7 Å². The van der Waals surface area contributed by atoms with Gasteiger partial charge < -0.3 is 14.8 Å². The van der Waals surface area contributed by atoms with Gasteiger partial charge in [-0.2, -0.15) is 0 Å². The highest BCUT2D eigenvalue weighted by atomic mass is 16.5. The molecule has 13 heavy (non-hydrogen) atoms. The molecule has 0 amide bonds. The molecule has 1 aromatic heterocycles. The lowest BCUT2D eigenvalue weighted by Crippen LogP contribution is -2.09. The maximum atomic E-state index is 5.11. The number of ether oxygens (including phenoxy) is 2. The molecule has 0 atom stereocenters. The van der Waals surface area contributed by atoms with Gasteiger partial charge >= 0.3 is 0 Å². The lowest BCUT2D eigenvalue weighted by atomic mass is 10.4. The van der Waals surface area contributed by atoms with Gasteiger partial charge in [0.05, 0.1) is 13.7 Å². The smallest absolute Gasteiger partial charge is 0.168 e. The van der Waals surface area contributed by atoms with Gasteiger partial charge in [-0.3, -0.25) is 0 Å². The van der Waals surface area contributed by atoms with Crippen LogP contribution in [-0.2, 0) is 4.74 Å². The zero-order valence-corrected chi connectivity index (χ0v) is 7.91. The molecular formula is C9H14N2O2. The van der Waals surface area contributed by atoms with Crippen LogP contribution in [0.5, 0.6) is 5.75 Å². The second-order valence-electron chi connectivity index (χ2n) is 2.47. The Morgan fingerprint density at radius 2 is 2.31 bits per heavy atom. The van der Waals surface area contributed by atoms with Crippen LogP contribution in [-0.4, -0.2) is 32.4 Å². The van der Waals surface area contributed by atoms with Gasteiger partial charge in [-0.05, 0) is 12.1 Å². The van der Waals surface area contributed by atoms with Crippen LogP contribution in [0.4, 0.5) is 5.82 Å². The summed E-state index contributed by atoms with van der Waals surface area (Å²) >= 11 is 0. The van der Waals surface area contributed by atoms with E-state index < -0.39 is 0 Å². The first-order valence-corrected chi connectivity index (χ1v) is 4.10. The topological polar surface area (TPSA) is 43.4 Å². The van der Waals surface area contributed by atoms with Crippen LogP contribution in [0.3, 0.4) is 0 Å². The van der Waals surface area contributed by atoms with Crippen LogP contribution < -0.4 is 10.1 Å². The van der Waals surface area contributed by atoms with Crippen LogP contribution in [0, 0.1) is 0 Å². The molecule has 4 heteroatoms. The summed E-state index contributed by atoms with van der Waals surface area (Å²) in [5.41, 5.74) is 0. The van der Waals surface area contributed by atoms with Crippen molar-refractivity contribution in [3.63, 3.8) is 0 Å². The van der Waals surface area contributed by atoms with Crippen molar-refractivity contribution in [2.45, 2.75) is 0 Å². The van der Waals surface area contributed by atoms with E-state index in [0.717, 1.165) is 18.1 Å². The second-order valence-corrected chi connectivity index (χ2v) is 2.47. The molecule has 0 bridgehead atoms. The van der Waals surface area contributed by atoms with E-state index in [0.29, 0.717) is 6.61 Å². The predicted octanol–water partition coefficient (Wildman–Crippen LogP) is 1.15. The molecule has 1 aromatic rings. The predicted molar refractivity (Wildman–Crippen MR) is 51.2 cm³/mol. The average Bonchev–Trinajstić information content (AvgIpc) is 2.19. The largest absolute Gasteiger partial charge is 0.493 e. The van der Waals surface area contributed by atoms with Crippen LogP contribution in [0.15, 0.2) is 18.3 Å². The molecule has 0 fully saturated rings. The summed E-state index contributed by atoms with van der Waals surface area (Å²) in [5, 5.41) is 3.10. The first-order valence-electron chi connectivity index (χ1n) is 4.10. The molecule has 0 aliphatic rings. The maximum Gasteiger partial charge on any atom is 0.168 e. The zero-order valence-electron chi connectivity index (χ0n) is 7.91. The molecule has 1 heterocycles. The third kappa shape index (κ3) is 2.91. The van der Waals surface area contributed by atoms with Crippen molar-refractivity contribution in [1.29, 1.82) is 0 Å². The fraction of sp³-hybridized carbons (Fsp3) is 0.444. The molecule has 0 aliphatic heterocycles. The van der Waals surface area contributed by atoms with E-state index in [-0.39, 0.29) is 0 Å². The highest BCUT2D eigenvalue weighted by Crippen LogP contribution is 2.19. The summed E-state index contributed by atoms with van der Waals surface area (Å²) < 4.78 is 10.0. The lowest BCUT2D eigenvalue weighted by Gasteiger charge is -2.08. The van der Waals surface area contributed by atoms with Gasteiger partial charge in [0.15, 0.2) is 11.6 Å². The monoisotopic (exact) mass is 182 g/mol. The Labute approximate surface area is 77.9 Å². The first kappa shape index (κ1) is 9.80. The molecule has 0 saturated heterocycles. The number of nitrogens with one attached hydrogen (secondary N) is 1. The van der Waals surface area contributed by atoms with Gasteiger partial charge in [-0.15, -0.1) is 0 Å². The van der Waals surface area contributed by atoms with E-state index in [1.54, 1.807) is 20.4 Å². The van der Waals surface area contributed by atoms with Crippen LogP contribution in [0.2, 0.25) is 0 Å². The number of methoxy groups -OCH3 is 2. The van der Waals surface area contributed by atoms with Crippen molar-refractivity contribution in [1.82, 2.24) is 4.98 Å². The van der Waals surface area contributed by atoms with Crippen LogP contribution >= 0.6 is 0 Å². The summed E-state index contributed by atoms with van der Waals surface area (Å²) in [7, 11) is 3.29. The van der Waals surface area contributed by atoms with E-state index in [9.17, 15) is 0 Å². The Bertz CT molecular complexity index is 253. The van der Waals surface area contributed by atoms with Gasteiger partial charge in [0, 0.05) is 19.9 Å². The Balaban J connectivity index is 2.54. The highest BCUT2D eigenvalue weighted by molar-refractivity contribution is 5.49. The number of aromatic nitrogens is 1. The fourth-order valence-electron chi connectivity index (χ4n) is 0.960. The summed E-state index contributed by atoms with van der Waals surface area (Å²) in [6.45, 7) is 1.38. The molecule has 1 N–H and O–H groups in total. The number of hydrogen-bond donors (Lipinski definition) is 1. The summed E-state index contributed by atoms with van der Waals surface area (Å²) in [6.07, 6.45) is 1.72. The molecule has 72 valence electrons. The summed E-state index contributed by atoms with van der Waals surface area (Å²) in [4.78, 5) is 4.13. The fourth-order valence-corrected chi connectivity index (χ4v) is 0.960. The van der Waals surface area contributed by atoms with Crippen molar-refractivity contribution in [3.8, 4) is 5.75 Å². The standard InChI is InChI=1S/C9H14N2O2/c1-12-7-6-11-9-8(13-2)4-3-5-10-9/h3-5H,6-7H2,1-2H3,(H,10,11). The molecule has 0 aromatic carbocycles. The SMILES string of the molecule is COCCNc1ncccc1OC. The van der Waals surface area contributed by atoms with Crippen molar-refractivity contribution in [2.24, 2.45) is 0 Å². The molecule has 0 aliphatic carbocycles. The minimum Gasteiger partial charge on any atom is -0.493 e. The Hall–Kier alpha value is -1.29. The van der Waals surface area contributed by atoms with Gasteiger partial charge in [0.2, 0.25) is 0 Å².